The van der Waals surface area contributed by atoms with Gasteiger partial charge in [0.05, 0.1) is 22.5 Å². The summed E-state index contributed by atoms with van der Waals surface area (Å²) in [5.41, 5.74) is 1.69. The lowest BCUT2D eigenvalue weighted by Gasteiger charge is -2.30. The summed E-state index contributed by atoms with van der Waals surface area (Å²) in [5, 5.41) is 19.6. The minimum atomic E-state index is -0.342. The number of fused-ring (bicyclic) bond motifs is 1. The lowest BCUT2D eigenvalue weighted by Crippen LogP contribution is -2.38. The van der Waals surface area contributed by atoms with Gasteiger partial charge < -0.3 is 20.3 Å². The molecule has 0 radical (unpaired) electrons. The van der Waals surface area contributed by atoms with Gasteiger partial charge in [-0.15, -0.1) is 0 Å². The topological polar surface area (TPSA) is 105 Å². The molecule has 188 valence electrons. The third-order valence-electron chi connectivity index (χ3n) is 6.97. The predicted octanol–water partition coefficient (Wildman–Crippen LogP) is 4.96. The summed E-state index contributed by atoms with van der Waals surface area (Å²) in [6.07, 6.45) is 6.56. The van der Waals surface area contributed by atoms with E-state index in [-0.39, 0.29) is 16.7 Å². The monoisotopic (exact) mass is 488 g/mol. The first kappa shape index (κ1) is 24.0. The number of ether oxygens (including phenoxy) is 1. The Kier molecular flexibility index (Phi) is 6.99. The summed E-state index contributed by atoms with van der Waals surface area (Å²) in [4.78, 5) is 22.5. The summed E-state index contributed by atoms with van der Waals surface area (Å²) in [5.74, 6) is 2.46. The number of para-hydroxylation sites is 2. The molecule has 9 nitrogen and oxygen atoms in total. The van der Waals surface area contributed by atoms with E-state index in [4.69, 9.17) is 14.7 Å². The molecule has 36 heavy (non-hydrogen) atoms. The van der Waals surface area contributed by atoms with Crippen molar-refractivity contribution in [2.24, 2.45) is 0 Å². The molecule has 2 aromatic carbocycles. The maximum Gasteiger partial charge on any atom is 0.276 e. The molecule has 1 saturated carbocycles. The summed E-state index contributed by atoms with van der Waals surface area (Å²) in [6.45, 7) is 0.639. The fourth-order valence-corrected chi connectivity index (χ4v) is 5.08. The van der Waals surface area contributed by atoms with Gasteiger partial charge in [-0.25, -0.2) is 4.98 Å². The van der Waals surface area contributed by atoms with Crippen LogP contribution in [0.5, 0.6) is 0 Å². The van der Waals surface area contributed by atoms with Crippen molar-refractivity contribution >= 4 is 28.4 Å². The highest BCUT2D eigenvalue weighted by Gasteiger charge is 2.28. The fraction of sp³-hybridized carbons (Fsp3) is 0.407. The minimum Gasteiger partial charge on any atom is -0.488 e. The largest absolute Gasteiger partial charge is 0.488 e. The van der Waals surface area contributed by atoms with Gasteiger partial charge in [-0.05, 0) is 50.0 Å². The van der Waals surface area contributed by atoms with Crippen LogP contribution in [-0.2, 0) is 4.74 Å². The number of benzene rings is 2. The molecule has 5 rings (SSSR count). The van der Waals surface area contributed by atoms with E-state index in [1.807, 2.05) is 49.3 Å². The van der Waals surface area contributed by atoms with Crippen LogP contribution in [0.3, 0.4) is 0 Å². The quantitative estimate of drug-likeness (QED) is 0.338. The van der Waals surface area contributed by atoms with Gasteiger partial charge in [-0.1, -0.05) is 24.3 Å². The standard InChI is InChI=1S/C27H32N6O3/c1-32(2)26-21-7-3-5-9-23(21)30-27(31-26)29-19-13-11-18(12-14-19)28-17-20-15-16-25(36-20)22-8-4-6-10-24(22)33(34)35/h3-10,15,18-19,25,28H,11-14,16-17H2,1-2H3,(H,29,30,31)/t18-,19+,25?. The van der Waals surface area contributed by atoms with Gasteiger partial charge in [0, 0.05) is 44.1 Å². The highest BCUT2D eigenvalue weighted by molar-refractivity contribution is 5.90. The second-order valence-corrected chi connectivity index (χ2v) is 9.68. The zero-order valence-corrected chi connectivity index (χ0v) is 20.7. The van der Waals surface area contributed by atoms with Crippen molar-refractivity contribution in [3.05, 3.63) is 76.0 Å². The van der Waals surface area contributed by atoms with E-state index in [9.17, 15) is 10.1 Å². The zero-order chi connectivity index (χ0) is 25.1. The average molecular weight is 489 g/mol. The molecule has 2 N–H and O–H groups in total. The molecule has 3 aromatic rings. The molecule has 1 aromatic heterocycles. The van der Waals surface area contributed by atoms with Gasteiger partial charge in [-0.3, -0.25) is 10.1 Å². The SMILES string of the molecule is CN(C)c1nc(N[C@H]2CC[C@@H](NCC3=CCC(c4ccccc4[N+](=O)[O-])O3)CC2)nc2ccccc12. The number of hydrogen-bond donors (Lipinski definition) is 2. The van der Waals surface area contributed by atoms with Crippen molar-refractivity contribution < 1.29 is 9.66 Å². The first-order valence-electron chi connectivity index (χ1n) is 12.5. The highest BCUT2D eigenvalue weighted by atomic mass is 16.6. The minimum absolute atomic E-state index is 0.115. The maximum atomic E-state index is 11.3. The Balaban J connectivity index is 1.11. The van der Waals surface area contributed by atoms with Gasteiger partial charge in [0.15, 0.2) is 0 Å². The van der Waals surface area contributed by atoms with Crippen LogP contribution in [0.15, 0.2) is 60.4 Å². The van der Waals surface area contributed by atoms with Crippen molar-refractivity contribution in [3.8, 4) is 0 Å². The van der Waals surface area contributed by atoms with Gasteiger partial charge in [0.25, 0.3) is 5.69 Å². The molecule has 1 aliphatic heterocycles. The number of nitrogens with zero attached hydrogens (tertiary/aromatic N) is 4. The van der Waals surface area contributed by atoms with Crippen LogP contribution >= 0.6 is 0 Å². The molecule has 1 fully saturated rings. The number of nitro benzene ring substituents is 1. The number of nitro groups is 1. The van der Waals surface area contributed by atoms with Crippen molar-refractivity contribution in [2.45, 2.75) is 50.3 Å². The van der Waals surface area contributed by atoms with Gasteiger partial charge in [0.2, 0.25) is 5.95 Å². The number of nitrogens with one attached hydrogen (secondary N) is 2. The van der Waals surface area contributed by atoms with Crippen molar-refractivity contribution in [1.29, 1.82) is 0 Å². The van der Waals surface area contributed by atoms with Crippen LogP contribution in [0, 0.1) is 10.1 Å². The van der Waals surface area contributed by atoms with Gasteiger partial charge in [-0.2, -0.15) is 4.98 Å². The molecule has 9 heteroatoms. The summed E-state index contributed by atoms with van der Waals surface area (Å²) in [7, 11) is 4.00. The second-order valence-electron chi connectivity index (χ2n) is 9.68. The molecule has 2 heterocycles. The Morgan fingerprint density at radius 3 is 2.53 bits per heavy atom. The van der Waals surface area contributed by atoms with Crippen molar-refractivity contribution in [3.63, 3.8) is 0 Å². The Morgan fingerprint density at radius 2 is 1.75 bits per heavy atom. The molecular formula is C27H32N6O3. The lowest BCUT2D eigenvalue weighted by atomic mass is 9.91. The number of anilines is 2. The first-order valence-corrected chi connectivity index (χ1v) is 12.5. The van der Waals surface area contributed by atoms with Gasteiger partial charge in [0.1, 0.15) is 17.7 Å². The zero-order valence-electron chi connectivity index (χ0n) is 20.7. The highest BCUT2D eigenvalue weighted by Crippen LogP contribution is 2.36. The van der Waals surface area contributed by atoms with Crippen LogP contribution in [0.4, 0.5) is 17.5 Å². The van der Waals surface area contributed by atoms with Crippen molar-refractivity contribution in [1.82, 2.24) is 15.3 Å². The molecule has 0 bridgehead atoms. The van der Waals surface area contributed by atoms with E-state index in [1.165, 1.54) is 6.07 Å². The molecular weight excluding hydrogens is 456 g/mol. The third-order valence-corrected chi connectivity index (χ3v) is 6.97. The molecule has 1 unspecified atom stereocenters. The van der Waals surface area contributed by atoms with E-state index in [2.05, 4.69) is 16.7 Å². The van der Waals surface area contributed by atoms with E-state index in [1.54, 1.807) is 12.1 Å². The number of aromatic nitrogens is 2. The number of rotatable bonds is 8. The van der Waals surface area contributed by atoms with Crippen LogP contribution in [0.1, 0.15) is 43.8 Å². The summed E-state index contributed by atoms with van der Waals surface area (Å²) >= 11 is 0. The molecule has 0 saturated heterocycles. The second kappa shape index (κ2) is 10.5. The summed E-state index contributed by atoms with van der Waals surface area (Å²) < 4.78 is 6.06. The average Bonchev–Trinajstić information content (AvgIpc) is 3.37. The number of hydrogen-bond acceptors (Lipinski definition) is 8. The molecule has 2 aliphatic rings. The predicted molar refractivity (Wildman–Crippen MR) is 141 cm³/mol. The first-order chi connectivity index (χ1) is 17.5. The smallest absolute Gasteiger partial charge is 0.276 e. The molecule has 0 spiro atoms. The normalized spacial score (nSPS) is 21.6. The van der Waals surface area contributed by atoms with Crippen LogP contribution in [-0.4, -0.2) is 47.6 Å². The Morgan fingerprint density at radius 1 is 1.03 bits per heavy atom. The van der Waals surface area contributed by atoms with Crippen molar-refractivity contribution in [2.75, 3.05) is 30.9 Å². The Bertz CT molecular complexity index is 1270. The summed E-state index contributed by atoms with van der Waals surface area (Å²) in [6, 6.07) is 15.7. The Hall–Kier alpha value is -3.72. The molecule has 1 atom stereocenters. The van der Waals surface area contributed by atoms with Crippen LogP contribution < -0.4 is 15.5 Å². The third kappa shape index (κ3) is 5.26. The molecule has 0 amide bonds. The van der Waals surface area contributed by atoms with E-state index in [0.29, 0.717) is 36.6 Å². The van der Waals surface area contributed by atoms with E-state index >= 15 is 0 Å². The van der Waals surface area contributed by atoms with E-state index < -0.39 is 0 Å². The Labute approximate surface area is 210 Å². The fourth-order valence-electron chi connectivity index (χ4n) is 5.08. The lowest BCUT2D eigenvalue weighted by molar-refractivity contribution is -0.386. The molecule has 1 aliphatic carbocycles. The maximum absolute atomic E-state index is 11.3. The van der Waals surface area contributed by atoms with Crippen LogP contribution in [0.25, 0.3) is 10.9 Å². The van der Waals surface area contributed by atoms with E-state index in [0.717, 1.165) is 48.2 Å². The van der Waals surface area contributed by atoms with Gasteiger partial charge >= 0.3 is 0 Å². The van der Waals surface area contributed by atoms with Crippen LogP contribution in [0.2, 0.25) is 0 Å².